The lowest BCUT2D eigenvalue weighted by Gasteiger charge is -2.22. The highest BCUT2D eigenvalue weighted by Gasteiger charge is 2.42. The molecule has 16 heavy (non-hydrogen) atoms. The van der Waals surface area contributed by atoms with Crippen molar-refractivity contribution in [2.45, 2.75) is 45.6 Å². The topological polar surface area (TPSA) is 12.0 Å². The van der Waals surface area contributed by atoms with E-state index in [0.717, 1.165) is 18.4 Å². The fourth-order valence-corrected chi connectivity index (χ4v) is 3.84. The molecule has 3 atom stereocenters. The maximum atomic E-state index is 3.68. The Balaban J connectivity index is 2.15. The van der Waals surface area contributed by atoms with E-state index < -0.39 is 0 Å². The van der Waals surface area contributed by atoms with E-state index in [0.29, 0.717) is 6.04 Å². The van der Waals surface area contributed by atoms with Crippen molar-refractivity contribution < 1.29 is 0 Å². The zero-order chi connectivity index (χ0) is 11.3. The summed E-state index contributed by atoms with van der Waals surface area (Å²) >= 11 is 0. The van der Waals surface area contributed by atoms with Crippen LogP contribution >= 0.6 is 0 Å². The van der Waals surface area contributed by atoms with Crippen LogP contribution in [0.15, 0.2) is 12.1 Å². The van der Waals surface area contributed by atoms with Crippen LogP contribution in [0.25, 0.3) is 0 Å². The van der Waals surface area contributed by atoms with Gasteiger partial charge in [-0.3, -0.25) is 0 Å². The van der Waals surface area contributed by atoms with Gasteiger partial charge in [0, 0.05) is 6.04 Å². The Hall–Kier alpha value is -0.820. The minimum Gasteiger partial charge on any atom is -0.310 e. The summed E-state index contributed by atoms with van der Waals surface area (Å²) < 4.78 is 0. The molecule has 86 valence electrons. The quantitative estimate of drug-likeness (QED) is 0.798. The van der Waals surface area contributed by atoms with E-state index in [1.54, 1.807) is 16.7 Å². The Bertz CT molecular complexity index is 422. The van der Waals surface area contributed by atoms with Crippen molar-refractivity contribution in [1.29, 1.82) is 0 Å². The average Bonchev–Trinajstić information content (AvgIpc) is 2.79. The molecule has 0 radical (unpaired) electrons. The standard InChI is InChI=1S/C15H21N/c1-4-16-15-10(3)12-8-7-11-6-5-9(2)13(15)14(11)12/h5-6,10,12,15-16H,4,7-8H2,1-3H3. The van der Waals surface area contributed by atoms with Gasteiger partial charge in [0.25, 0.3) is 0 Å². The highest BCUT2D eigenvalue weighted by molar-refractivity contribution is 5.51. The number of hydrogen-bond donors (Lipinski definition) is 1. The SMILES string of the molecule is CCNC1c2c(C)ccc3c2C(CC3)C1C. The number of nitrogens with one attached hydrogen (secondary N) is 1. The smallest absolute Gasteiger partial charge is 0.0357 e. The first-order valence-corrected chi connectivity index (χ1v) is 6.59. The fraction of sp³-hybridized carbons (Fsp3) is 0.600. The first-order chi connectivity index (χ1) is 7.74. The second kappa shape index (κ2) is 3.59. The van der Waals surface area contributed by atoms with Gasteiger partial charge < -0.3 is 5.32 Å². The fourth-order valence-electron chi connectivity index (χ4n) is 3.84. The van der Waals surface area contributed by atoms with E-state index in [4.69, 9.17) is 0 Å². The summed E-state index contributed by atoms with van der Waals surface area (Å²) in [4.78, 5) is 0. The maximum absolute atomic E-state index is 3.68. The van der Waals surface area contributed by atoms with Gasteiger partial charge in [-0.05, 0) is 60.4 Å². The number of benzene rings is 1. The zero-order valence-corrected chi connectivity index (χ0v) is 10.5. The Morgan fingerprint density at radius 2 is 2.12 bits per heavy atom. The average molecular weight is 215 g/mol. The highest BCUT2D eigenvalue weighted by atomic mass is 14.9. The van der Waals surface area contributed by atoms with Gasteiger partial charge in [-0.2, -0.15) is 0 Å². The third kappa shape index (κ3) is 1.21. The molecular formula is C15H21N. The molecule has 1 aromatic carbocycles. The Morgan fingerprint density at radius 3 is 2.88 bits per heavy atom. The van der Waals surface area contributed by atoms with Crippen molar-refractivity contribution in [1.82, 2.24) is 5.32 Å². The van der Waals surface area contributed by atoms with Crippen LogP contribution in [0.4, 0.5) is 0 Å². The zero-order valence-electron chi connectivity index (χ0n) is 10.5. The highest BCUT2D eigenvalue weighted by Crippen LogP contribution is 2.53. The number of hydrogen-bond acceptors (Lipinski definition) is 1. The lowest BCUT2D eigenvalue weighted by Crippen LogP contribution is -2.25. The molecule has 0 saturated heterocycles. The molecule has 0 saturated carbocycles. The predicted octanol–water partition coefficient (Wildman–Crippen LogP) is 3.33. The molecule has 0 amide bonds. The summed E-state index contributed by atoms with van der Waals surface area (Å²) in [5, 5.41) is 3.68. The van der Waals surface area contributed by atoms with Crippen LogP contribution in [0.5, 0.6) is 0 Å². The van der Waals surface area contributed by atoms with Crippen LogP contribution in [0.2, 0.25) is 0 Å². The van der Waals surface area contributed by atoms with Gasteiger partial charge in [-0.1, -0.05) is 26.0 Å². The molecule has 2 aliphatic carbocycles. The molecule has 0 spiro atoms. The molecule has 0 bridgehead atoms. The van der Waals surface area contributed by atoms with Crippen molar-refractivity contribution >= 4 is 0 Å². The normalized spacial score (nSPS) is 30.8. The molecule has 1 aromatic rings. The Labute approximate surface area is 98.3 Å². The largest absolute Gasteiger partial charge is 0.310 e. The van der Waals surface area contributed by atoms with E-state index in [1.165, 1.54) is 18.4 Å². The second-order valence-electron chi connectivity index (χ2n) is 5.41. The number of aryl methyl sites for hydroxylation is 2. The lowest BCUT2D eigenvalue weighted by atomic mass is 9.92. The summed E-state index contributed by atoms with van der Waals surface area (Å²) in [6.07, 6.45) is 2.67. The minimum atomic E-state index is 0.602. The van der Waals surface area contributed by atoms with Gasteiger partial charge >= 0.3 is 0 Å². The van der Waals surface area contributed by atoms with Crippen molar-refractivity contribution in [2.75, 3.05) is 6.54 Å². The van der Waals surface area contributed by atoms with Crippen LogP contribution in [0.1, 0.15) is 54.5 Å². The monoisotopic (exact) mass is 215 g/mol. The number of rotatable bonds is 2. The molecule has 2 aliphatic rings. The summed E-state index contributed by atoms with van der Waals surface area (Å²) in [7, 11) is 0. The third-order valence-electron chi connectivity index (χ3n) is 4.59. The van der Waals surface area contributed by atoms with Crippen molar-refractivity contribution in [3.63, 3.8) is 0 Å². The summed E-state index contributed by atoms with van der Waals surface area (Å²) in [6.45, 7) is 7.98. The van der Waals surface area contributed by atoms with Crippen LogP contribution in [0.3, 0.4) is 0 Å². The van der Waals surface area contributed by atoms with E-state index in [1.807, 2.05) is 0 Å². The van der Waals surface area contributed by atoms with Gasteiger partial charge in [-0.25, -0.2) is 0 Å². The molecule has 1 N–H and O–H groups in total. The van der Waals surface area contributed by atoms with Gasteiger partial charge in [0.15, 0.2) is 0 Å². The third-order valence-corrected chi connectivity index (χ3v) is 4.59. The first-order valence-electron chi connectivity index (χ1n) is 6.59. The molecule has 3 rings (SSSR count). The van der Waals surface area contributed by atoms with Gasteiger partial charge in [0.1, 0.15) is 0 Å². The molecule has 1 heteroatoms. The van der Waals surface area contributed by atoms with E-state index in [-0.39, 0.29) is 0 Å². The predicted molar refractivity (Wildman–Crippen MR) is 67.8 cm³/mol. The van der Waals surface area contributed by atoms with E-state index in [9.17, 15) is 0 Å². The van der Waals surface area contributed by atoms with E-state index in [2.05, 4.69) is 38.2 Å². The Kier molecular flexibility index (Phi) is 2.32. The summed E-state index contributed by atoms with van der Waals surface area (Å²) in [6, 6.07) is 5.28. The maximum Gasteiger partial charge on any atom is 0.0357 e. The van der Waals surface area contributed by atoms with Gasteiger partial charge in [0.05, 0.1) is 0 Å². The van der Waals surface area contributed by atoms with Crippen molar-refractivity contribution in [3.8, 4) is 0 Å². The lowest BCUT2D eigenvalue weighted by molar-refractivity contribution is 0.368. The molecule has 0 fully saturated rings. The van der Waals surface area contributed by atoms with Crippen LogP contribution < -0.4 is 5.32 Å². The summed E-state index contributed by atoms with van der Waals surface area (Å²) in [5.74, 6) is 1.60. The first kappa shape index (κ1) is 10.3. The molecular weight excluding hydrogens is 194 g/mol. The minimum absolute atomic E-state index is 0.602. The van der Waals surface area contributed by atoms with Gasteiger partial charge in [-0.15, -0.1) is 0 Å². The van der Waals surface area contributed by atoms with E-state index >= 15 is 0 Å². The van der Waals surface area contributed by atoms with Crippen LogP contribution in [-0.4, -0.2) is 6.54 Å². The van der Waals surface area contributed by atoms with Crippen molar-refractivity contribution in [3.05, 3.63) is 34.4 Å². The molecule has 0 heterocycles. The Morgan fingerprint density at radius 1 is 1.31 bits per heavy atom. The summed E-state index contributed by atoms with van der Waals surface area (Å²) in [5.41, 5.74) is 6.45. The van der Waals surface area contributed by atoms with Gasteiger partial charge in [0.2, 0.25) is 0 Å². The molecule has 3 unspecified atom stereocenters. The molecule has 0 aliphatic heterocycles. The molecule has 1 nitrogen and oxygen atoms in total. The van der Waals surface area contributed by atoms with Crippen LogP contribution in [-0.2, 0) is 6.42 Å². The van der Waals surface area contributed by atoms with Crippen LogP contribution in [0, 0.1) is 12.8 Å². The molecule has 0 aromatic heterocycles. The van der Waals surface area contributed by atoms with Crippen molar-refractivity contribution in [2.24, 2.45) is 5.92 Å². The second-order valence-corrected chi connectivity index (χ2v) is 5.41.